The van der Waals surface area contributed by atoms with Gasteiger partial charge in [-0.15, -0.1) is 0 Å². The molecule has 2 N–H and O–H groups in total. The topological polar surface area (TPSA) is 49.9 Å². The number of ether oxygens (including phenoxy) is 1. The number of anilines is 1. The summed E-state index contributed by atoms with van der Waals surface area (Å²) in [5.41, 5.74) is -0.160. The Kier molecular flexibility index (Phi) is 2.70. The lowest BCUT2D eigenvalue weighted by molar-refractivity contribution is 0.0342. The summed E-state index contributed by atoms with van der Waals surface area (Å²) < 4.78 is 5.23. The fourth-order valence-corrected chi connectivity index (χ4v) is 0.731. The average Bonchev–Trinajstić information content (AvgIpc) is 2.53. The second kappa shape index (κ2) is 3.58. The number of hydrogen-bond acceptors (Lipinski definition) is 3. The minimum Gasteiger partial charge on any atom is -0.377 e. The van der Waals surface area contributed by atoms with Crippen LogP contribution in [-0.4, -0.2) is 29.2 Å². The number of hydrogen-bond donors (Lipinski definition) is 2. The smallest absolute Gasteiger partial charge is 0.200 e. The van der Waals surface area contributed by atoms with Gasteiger partial charge >= 0.3 is 0 Å². The van der Waals surface area contributed by atoms with E-state index in [1.54, 1.807) is 19.5 Å². The maximum atomic E-state index is 5.23. The molecule has 1 heterocycles. The van der Waals surface area contributed by atoms with Gasteiger partial charge in [0.25, 0.3) is 0 Å². The van der Waals surface area contributed by atoms with E-state index in [0.29, 0.717) is 0 Å². The van der Waals surface area contributed by atoms with Crippen LogP contribution in [0, 0.1) is 0 Å². The normalized spacial score (nSPS) is 11.6. The van der Waals surface area contributed by atoms with Crippen LogP contribution in [0.15, 0.2) is 12.4 Å². The lowest BCUT2D eigenvalue weighted by Gasteiger charge is -2.22. The van der Waals surface area contributed by atoms with Crippen LogP contribution in [0.3, 0.4) is 0 Å². The van der Waals surface area contributed by atoms with Gasteiger partial charge in [0.1, 0.15) is 0 Å². The van der Waals surface area contributed by atoms with Crippen LogP contribution in [0.5, 0.6) is 0 Å². The third kappa shape index (κ3) is 2.54. The highest BCUT2D eigenvalue weighted by atomic mass is 16.5. The van der Waals surface area contributed by atoms with Crippen molar-refractivity contribution in [2.75, 3.05) is 19.0 Å². The molecule has 0 unspecified atom stereocenters. The van der Waals surface area contributed by atoms with Crippen molar-refractivity contribution in [1.82, 2.24) is 9.97 Å². The third-order valence-electron chi connectivity index (χ3n) is 1.73. The summed E-state index contributed by atoms with van der Waals surface area (Å²) in [5.74, 6) is 0.778. The largest absolute Gasteiger partial charge is 0.377 e. The predicted octanol–water partition coefficient (Wildman–Crippen LogP) is 1.25. The molecule has 0 aromatic carbocycles. The molecule has 0 aliphatic rings. The Morgan fingerprint density at radius 3 is 2.92 bits per heavy atom. The number of aromatic nitrogens is 2. The van der Waals surface area contributed by atoms with E-state index >= 15 is 0 Å². The molecular formula is C8H15N3O. The molecule has 0 saturated heterocycles. The number of imidazole rings is 1. The fraction of sp³-hybridized carbons (Fsp3) is 0.625. The molecule has 4 heteroatoms. The average molecular weight is 169 g/mol. The van der Waals surface area contributed by atoms with Crippen LogP contribution in [0.25, 0.3) is 0 Å². The Morgan fingerprint density at radius 2 is 2.42 bits per heavy atom. The highest BCUT2D eigenvalue weighted by Gasteiger charge is 2.15. The van der Waals surface area contributed by atoms with Crippen LogP contribution in [0.4, 0.5) is 5.95 Å². The molecule has 1 rings (SSSR count). The first-order valence-electron chi connectivity index (χ1n) is 3.92. The Labute approximate surface area is 72.3 Å². The molecular weight excluding hydrogens is 154 g/mol. The first-order chi connectivity index (χ1) is 5.64. The number of aromatic amines is 1. The summed E-state index contributed by atoms with van der Waals surface area (Å²) in [5, 5.41) is 3.12. The lowest BCUT2D eigenvalue weighted by atomic mass is 10.1. The van der Waals surface area contributed by atoms with E-state index < -0.39 is 0 Å². The van der Waals surface area contributed by atoms with Gasteiger partial charge in [-0.3, -0.25) is 0 Å². The predicted molar refractivity (Wildman–Crippen MR) is 48.2 cm³/mol. The molecule has 0 aliphatic heterocycles. The molecule has 0 amide bonds. The number of nitrogens with one attached hydrogen (secondary N) is 2. The van der Waals surface area contributed by atoms with Crippen LogP contribution in [-0.2, 0) is 4.74 Å². The van der Waals surface area contributed by atoms with E-state index in [1.165, 1.54) is 0 Å². The van der Waals surface area contributed by atoms with Crippen molar-refractivity contribution < 1.29 is 4.74 Å². The minimum atomic E-state index is -0.160. The van der Waals surface area contributed by atoms with Gasteiger partial charge < -0.3 is 15.0 Å². The van der Waals surface area contributed by atoms with E-state index in [9.17, 15) is 0 Å². The van der Waals surface area contributed by atoms with E-state index in [2.05, 4.69) is 15.3 Å². The van der Waals surface area contributed by atoms with Crippen LogP contribution in [0.2, 0.25) is 0 Å². The van der Waals surface area contributed by atoms with Crippen molar-refractivity contribution in [3.8, 4) is 0 Å². The number of rotatable bonds is 4. The van der Waals surface area contributed by atoms with Crippen LogP contribution in [0.1, 0.15) is 13.8 Å². The third-order valence-corrected chi connectivity index (χ3v) is 1.73. The summed E-state index contributed by atoms with van der Waals surface area (Å²) >= 11 is 0. The maximum absolute atomic E-state index is 5.23. The summed E-state index contributed by atoms with van der Waals surface area (Å²) in [4.78, 5) is 6.99. The molecule has 0 saturated carbocycles. The molecule has 0 bridgehead atoms. The molecule has 0 fully saturated rings. The van der Waals surface area contributed by atoms with Crippen molar-refractivity contribution in [1.29, 1.82) is 0 Å². The molecule has 1 aromatic rings. The van der Waals surface area contributed by atoms with E-state index in [4.69, 9.17) is 4.74 Å². The zero-order valence-electron chi connectivity index (χ0n) is 7.72. The number of nitrogens with zero attached hydrogens (tertiary/aromatic N) is 1. The SMILES string of the molecule is COC(C)(C)CNc1ncc[nH]1. The van der Waals surface area contributed by atoms with Crippen molar-refractivity contribution in [2.24, 2.45) is 0 Å². The van der Waals surface area contributed by atoms with Gasteiger partial charge in [-0.05, 0) is 13.8 Å². The fourth-order valence-electron chi connectivity index (χ4n) is 0.731. The molecule has 0 aliphatic carbocycles. The molecule has 68 valence electrons. The molecule has 0 radical (unpaired) electrons. The Hall–Kier alpha value is -1.03. The highest BCUT2D eigenvalue weighted by Crippen LogP contribution is 2.07. The van der Waals surface area contributed by atoms with Crippen molar-refractivity contribution >= 4 is 5.95 Å². The van der Waals surface area contributed by atoms with E-state index in [1.807, 2.05) is 13.8 Å². The molecule has 4 nitrogen and oxygen atoms in total. The van der Waals surface area contributed by atoms with Gasteiger partial charge in [0, 0.05) is 26.0 Å². The van der Waals surface area contributed by atoms with Gasteiger partial charge in [-0.2, -0.15) is 0 Å². The van der Waals surface area contributed by atoms with Crippen molar-refractivity contribution in [2.45, 2.75) is 19.4 Å². The zero-order valence-corrected chi connectivity index (χ0v) is 7.72. The van der Waals surface area contributed by atoms with Gasteiger partial charge in [0.05, 0.1) is 5.60 Å². The highest BCUT2D eigenvalue weighted by molar-refractivity contribution is 5.23. The molecule has 0 atom stereocenters. The van der Waals surface area contributed by atoms with Gasteiger partial charge in [0.15, 0.2) is 5.95 Å². The van der Waals surface area contributed by atoms with Gasteiger partial charge in [0.2, 0.25) is 0 Å². The Bertz CT molecular complexity index is 218. The van der Waals surface area contributed by atoms with Crippen molar-refractivity contribution in [3.63, 3.8) is 0 Å². The quantitative estimate of drug-likeness (QED) is 0.713. The van der Waals surface area contributed by atoms with Gasteiger partial charge in [-0.1, -0.05) is 0 Å². The first kappa shape index (κ1) is 9.06. The molecule has 1 aromatic heterocycles. The standard InChI is InChI=1S/C8H15N3O/c1-8(2,12-3)6-11-7-9-4-5-10-7/h4-5H,6H2,1-3H3,(H2,9,10,11). The second-order valence-corrected chi connectivity index (χ2v) is 3.26. The van der Waals surface area contributed by atoms with Crippen molar-refractivity contribution in [3.05, 3.63) is 12.4 Å². The minimum absolute atomic E-state index is 0.160. The summed E-state index contributed by atoms with van der Waals surface area (Å²) in [6.07, 6.45) is 3.49. The van der Waals surface area contributed by atoms with E-state index in [-0.39, 0.29) is 5.60 Å². The summed E-state index contributed by atoms with van der Waals surface area (Å²) in [7, 11) is 1.70. The van der Waals surface area contributed by atoms with Crippen LogP contribution < -0.4 is 5.32 Å². The van der Waals surface area contributed by atoms with E-state index in [0.717, 1.165) is 12.5 Å². The number of H-pyrrole nitrogens is 1. The lowest BCUT2D eigenvalue weighted by Crippen LogP contribution is -2.32. The summed E-state index contributed by atoms with van der Waals surface area (Å²) in [6, 6.07) is 0. The van der Waals surface area contributed by atoms with Crippen LogP contribution >= 0.6 is 0 Å². The first-order valence-corrected chi connectivity index (χ1v) is 3.92. The monoisotopic (exact) mass is 169 g/mol. The van der Waals surface area contributed by atoms with Gasteiger partial charge in [-0.25, -0.2) is 4.98 Å². The summed E-state index contributed by atoms with van der Waals surface area (Å²) in [6.45, 7) is 4.77. The maximum Gasteiger partial charge on any atom is 0.200 e. The molecule has 12 heavy (non-hydrogen) atoms. The Morgan fingerprint density at radius 1 is 1.67 bits per heavy atom. The second-order valence-electron chi connectivity index (χ2n) is 3.26. The Balaban J connectivity index is 2.36. The molecule has 0 spiro atoms. The zero-order chi connectivity index (χ0) is 9.03. The number of methoxy groups -OCH3 is 1.